The van der Waals surface area contributed by atoms with E-state index < -0.39 is 5.97 Å². The Morgan fingerprint density at radius 1 is 1.00 bits per heavy atom. The molecule has 0 spiro atoms. The average molecular weight is 513 g/mol. The van der Waals surface area contributed by atoms with E-state index in [0.29, 0.717) is 18.4 Å². The number of benzene rings is 3. The van der Waals surface area contributed by atoms with Crippen LogP contribution in [0.5, 0.6) is 11.5 Å². The molecule has 2 atom stereocenters. The largest absolute Gasteiger partial charge is 0.497 e. The lowest BCUT2D eigenvalue weighted by Crippen LogP contribution is -2.16. The van der Waals surface area contributed by atoms with E-state index in [0.717, 1.165) is 29.0 Å². The number of rotatable bonds is 11. The third kappa shape index (κ3) is 6.23. The molecule has 0 saturated heterocycles. The molecule has 0 aromatic heterocycles. The predicted octanol–water partition coefficient (Wildman–Crippen LogP) is 8.59. The lowest BCUT2D eigenvalue weighted by Gasteiger charge is -2.30. The van der Waals surface area contributed by atoms with Gasteiger partial charge in [0.25, 0.3) is 0 Å². The number of hydrogen-bond donors (Lipinski definition) is 1. The van der Waals surface area contributed by atoms with Crippen molar-refractivity contribution in [1.82, 2.24) is 0 Å². The van der Waals surface area contributed by atoms with Crippen LogP contribution in [0.2, 0.25) is 0 Å². The summed E-state index contributed by atoms with van der Waals surface area (Å²) >= 11 is 0. The first kappa shape index (κ1) is 26.3. The highest BCUT2D eigenvalue weighted by molar-refractivity contribution is 5.70. The Hall–Kier alpha value is -3.27. The minimum absolute atomic E-state index is 0.0434. The molecule has 0 amide bonds. The first-order valence-electron chi connectivity index (χ1n) is 14.0. The topological polar surface area (TPSA) is 55.8 Å². The zero-order valence-corrected chi connectivity index (χ0v) is 22.9. The summed E-state index contributed by atoms with van der Waals surface area (Å²) in [6, 6.07) is 23.2. The Morgan fingerprint density at radius 3 is 2.50 bits per heavy atom. The Bertz CT molecular complexity index is 1270. The van der Waals surface area contributed by atoms with Gasteiger partial charge in [0.05, 0.1) is 13.5 Å². The summed E-state index contributed by atoms with van der Waals surface area (Å²) in [7, 11) is 1.71. The van der Waals surface area contributed by atoms with Crippen molar-refractivity contribution in [3.8, 4) is 22.6 Å². The Balaban J connectivity index is 1.39. The zero-order valence-electron chi connectivity index (χ0n) is 22.9. The highest BCUT2D eigenvalue weighted by Gasteiger charge is 2.37. The van der Waals surface area contributed by atoms with Gasteiger partial charge in [-0.1, -0.05) is 75.6 Å². The van der Waals surface area contributed by atoms with Gasteiger partial charge >= 0.3 is 5.97 Å². The number of aliphatic carboxylic acids is 1. The second kappa shape index (κ2) is 11.2. The van der Waals surface area contributed by atoms with Crippen molar-refractivity contribution >= 4 is 5.97 Å². The summed E-state index contributed by atoms with van der Waals surface area (Å²) in [4.78, 5) is 11.5. The highest BCUT2D eigenvalue weighted by Crippen LogP contribution is 2.51. The van der Waals surface area contributed by atoms with Gasteiger partial charge in [-0.2, -0.15) is 0 Å². The van der Waals surface area contributed by atoms with Crippen LogP contribution in [-0.4, -0.2) is 18.2 Å². The van der Waals surface area contributed by atoms with Gasteiger partial charge < -0.3 is 14.6 Å². The van der Waals surface area contributed by atoms with Gasteiger partial charge in [0.15, 0.2) is 0 Å². The smallest absolute Gasteiger partial charge is 0.303 e. The third-order valence-electron chi connectivity index (χ3n) is 8.60. The molecule has 200 valence electrons. The lowest BCUT2D eigenvalue weighted by atomic mass is 9.75. The molecule has 1 N–H and O–H groups in total. The second-order valence-corrected chi connectivity index (χ2v) is 11.9. The predicted molar refractivity (Wildman–Crippen MR) is 152 cm³/mol. The number of carboxylic acid groups (broad SMARTS) is 1. The maximum Gasteiger partial charge on any atom is 0.303 e. The van der Waals surface area contributed by atoms with E-state index in [1.807, 2.05) is 30.3 Å². The number of carboxylic acids is 1. The molecule has 4 nitrogen and oxygen atoms in total. The molecule has 2 aliphatic rings. The van der Waals surface area contributed by atoms with Crippen molar-refractivity contribution in [3.05, 3.63) is 83.4 Å². The van der Waals surface area contributed by atoms with E-state index in [4.69, 9.17) is 9.47 Å². The first-order chi connectivity index (χ1) is 18.3. The molecule has 0 unspecified atom stereocenters. The van der Waals surface area contributed by atoms with Crippen LogP contribution in [-0.2, 0) is 11.4 Å². The van der Waals surface area contributed by atoms with Gasteiger partial charge in [-0.3, -0.25) is 4.79 Å². The van der Waals surface area contributed by atoms with E-state index in [2.05, 4.69) is 50.2 Å². The molecule has 0 aliphatic heterocycles. The molecule has 2 fully saturated rings. The van der Waals surface area contributed by atoms with E-state index in [-0.39, 0.29) is 17.8 Å². The minimum atomic E-state index is -0.736. The molecule has 3 aromatic rings. The monoisotopic (exact) mass is 512 g/mol. The molecule has 0 heterocycles. The maximum atomic E-state index is 11.5. The summed E-state index contributed by atoms with van der Waals surface area (Å²) in [5.74, 6) is 2.14. The second-order valence-electron chi connectivity index (χ2n) is 11.9. The van der Waals surface area contributed by atoms with Crippen molar-refractivity contribution in [2.24, 2.45) is 11.3 Å². The number of methoxy groups -OCH3 is 1. The first-order valence-corrected chi connectivity index (χ1v) is 14.0. The minimum Gasteiger partial charge on any atom is -0.497 e. The van der Waals surface area contributed by atoms with Crippen LogP contribution < -0.4 is 9.47 Å². The molecule has 2 saturated carbocycles. The third-order valence-corrected chi connectivity index (χ3v) is 8.60. The highest BCUT2D eigenvalue weighted by atomic mass is 16.5. The molecule has 38 heavy (non-hydrogen) atoms. The van der Waals surface area contributed by atoms with Gasteiger partial charge in [-0.25, -0.2) is 0 Å². The fourth-order valence-corrected chi connectivity index (χ4v) is 6.28. The molecular formula is C34H40O4. The van der Waals surface area contributed by atoms with Gasteiger partial charge in [-0.15, -0.1) is 0 Å². The van der Waals surface area contributed by atoms with Gasteiger partial charge in [0, 0.05) is 0 Å². The van der Waals surface area contributed by atoms with Gasteiger partial charge in [0.2, 0.25) is 0 Å². The molecular weight excluding hydrogens is 472 g/mol. The van der Waals surface area contributed by atoms with E-state index in [1.165, 1.54) is 48.8 Å². The van der Waals surface area contributed by atoms with Crippen LogP contribution >= 0.6 is 0 Å². The van der Waals surface area contributed by atoms with Crippen molar-refractivity contribution in [1.29, 1.82) is 0 Å². The van der Waals surface area contributed by atoms with Crippen LogP contribution in [0.4, 0.5) is 0 Å². The summed E-state index contributed by atoms with van der Waals surface area (Å²) in [5.41, 5.74) is 6.32. The Labute approximate surface area is 227 Å². The standard InChI is InChI=1S/C34H40O4/c1-34(2)16-6-11-32(34)31-18-24(14-15-30(31)26-8-5-9-28(20-26)37-3)22-38-29-10-4-7-25(19-29)27(21-33(35)36)17-23-12-13-23/h4-5,7-10,14-15,18-20,23,27,32H,6,11-13,16-17,21-22H2,1-3H3,(H,35,36)/t27-,32+/m1/s1. The number of carbonyl (C=O) groups is 1. The Kier molecular flexibility index (Phi) is 7.78. The molecule has 3 aromatic carbocycles. The fraction of sp³-hybridized carbons (Fsp3) is 0.441. The summed E-state index contributed by atoms with van der Waals surface area (Å²) in [6.07, 6.45) is 7.25. The van der Waals surface area contributed by atoms with Crippen LogP contribution in [0.3, 0.4) is 0 Å². The van der Waals surface area contributed by atoms with Crippen LogP contribution in [0.1, 0.15) is 87.3 Å². The molecule has 5 rings (SSSR count). The average Bonchev–Trinajstić information content (AvgIpc) is 3.66. The molecule has 0 radical (unpaired) electrons. The summed E-state index contributed by atoms with van der Waals surface area (Å²) in [5, 5.41) is 9.45. The van der Waals surface area contributed by atoms with E-state index >= 15 is 0 Å². The van der Waals surface area contributed by atoms with Crippen LogP contribution in [0.15, 0.2) is 66.7 Å². The quantitative estimate of drug-likeness (QED) is 0.279. The fourth-order valence-electron chi connectivity index (χ4n) is 6.28. The number of ether oxygens (including phenoxy) is 2. The number of hydrogen-bond acceptors (Lipinski definition) is 3. The van der Waals surface area contributed by atoms with Crippen molar-refractivity contribution in [2.75, 3.05) is 7.11 Å². The maximum absolute atomic E-state index is 11.5. The molecule has 2 aliphatic carbocycles. The van der Waals surface area contributed by atoms with Crippen molar-refractivity contribution in [3.63, 3.8) is 0 Å². The Morgan fingerprint density at radius 2 is 1.79 bits per heavy atom. The lowest BCUT2D eigenvalue weighted by molar-refractivity contribution is -0.137. The van der Waals surface area contributed by atoms with Crippen molar-refractivity contribution in [2.45, 2.75) is 77.2 Å². The molecule has 4 heteroatoms. The summed E-state index contributed by atoms with van der Waals surface area (Å²) < 4.78 is 11.8. The van der Waals surface area contributed by atoms with Gasteiger partial charge in [0.1, 0.15) is 18.1 Å². The normalized spacial score (nSPS) is 19.2. The molecule has 0 bridgehead atoms. The van der Waals surface area contributed by atoms with Crippen molar-refractivity contribution < 1.29 is 19.4 Å². The van der Waals surface area contributed by atoms with Crippen LogP contribution in [0.25, 0.3) is 11.1 Å². The zero-order chi connectivity index (χ0) is 26.7. The van der Waals surface area contributed by atoms with E-state index in [1.54, 1.807) is 7.11 Å². The summed E-state index contributed by atoms with van der Waals surface area (Å²) in [6.45, 7) is 5.27. The van der Waals surface area contributed by atoms with E-state index in [9.17, 15) is 9.90 Å². The van der Waals surface area contributed by atoms with Gasteiger partial charge in [-0.05, 0) is 94.5 Å². The van der Waals surface area contributed by atoms with Crippen LogP contribution in [0, 0.1) is 11.3 Å². The SMILES string of the molecule is COc1cccc(-c2ccc(COc3cccc([C@@H](CC(=O)O)CC4CC4)c3)cc2[C@@H]2CCCC2(C)C)c1.